The first kappa shape index (κ1) is 28.1. The Labute approximate surface area is 219 Å². The third-order valence-corrected chi connectivity index (χ3v) is 6.43. The van der Waals surface area contributed by atoms with Crippen LogP contribution in [0.1, 0.15) is 48.3 Å². The fourth-order valence-electron chi connectivity index (χ4n) is 4.35. The fourth-order valence-corrected chi connectivity index (χ4v) is 4.35. The van der Waals surface area contributed by atoms with Crippen molar-refractivity contribution in [2.45, 2.75) is 43.9 Å². The first-order valence-electron chi connectivity index (χ1n) is 11.9. The van der Waals surface area contributed by atoms with Gasteiger partial charge in [0.15, 0.2) is 0 Å². The van der Waals surface area contributed by atoms with Crippen LogP contribution >= 0.6 is 0 Å². The highest BCUT2D eigenvalue weighted by molar-refractivity contribution is 5.79. The number of carbonyl (C=O) groups excluding carboxylic acids is 1. The Morgan fingerprint density at radius 2 is 1.79 bits per heavy atom. The van der Waals surface area contributed by atoms with E-state index in [0.29, 0.717) is 18.5 Å². The van der Waals surface area contributed by atoms with Gasteiger partial charge in [-0.25, -0.2) is 23.7 Å². The maximum absolute atomic E-state index is 14.0. The van der Waals surface area contributed by atoms with E-state index in [4.69, 9.17) is 10.5 Å². The van der Waals surface area contributed by atoms with E-state index in [0.717, 1.165) is 24.4 Å². The minimum atomic E-state index is -4.76. The van der Waals surface area contributed by atoms with Crippen molar-refractivity contribution >= 4 is 11.9 Å². The molecule has 1 aromatic carbocycles. The number of piperidine rings is 1. The number of nitrogens with zero attached hydrogens (tertiary/aromatic N) is 5. The van der Waals surface area contributed by atoms with E-state index in [1.807, 2.05) is 0 Å². The van der Waals surface area contributed by atoms with Gasteiger partial charge in [0.25, 0.3) is 0 Å². The molecule has 3 aromatic rings. The minimum absolute atomic E-state index is 0.0513. The molecule has 0 bridgehead atoms. The number of amides is 1. The third kappa shape index (κ3) is 6.56. The van der Waals surface area contributed by atoms with Crippen LogP contribution in [0.3, 0.4) is 0 Å². The lowest BCUT2D eigenvalue weighted by Crippen LogP contribution is -2.40. The number of nitrogens with two attached hydrogens (primary N) is 1. The summed E-state index contributed by atoms with van der Waals surface area (Å²) < 4.78 is 72.0. The number of rotatable bonds is 7. The van der Waals surface area contributed by atoms with Gasteiger partial charge in [-0.3, -0.25) is 4.79 Å². The maximum atomic E-state index is 14.0. The Kier molecular flexibility index (Phi) is 7.95. The first-order chi connectivity index (χ1) is 18.3. The van der Waals surface area contributed by atoms with E-state index in [-0.39, 0.29) is 42.0 Å². The summed E-state index contributed by atoms with van der Waals surface area (Å²) in [5, 5.41) is 11.2. The normalized spacial score (nSPS) is 16.1. The molecule has 3 N–H and O–H groups in total. The second-order valence-electron chi connectivity index (χ2n) is 9.34. The summed E-state index contributed by atoms with van der Waals surface area (Å²) in [6, 6.07) is 4.54. The number of anilines is 1. The number of alkyl halides is 3. The number of benzene rings is 1. The van der Waals surface area contributed by atoms with Crippen LogP contribution in [0.15, 0.2) is 36.7 Å². The molecule has 1 fully saturated rings. The summed E-state index contributed by atoms with van der Waals surface area (Å²) >= 11 is 0. The summed E-state index contributed by atoms with van der Waals surface area (Å²) in [7, 11) is 0. The number of carbonyl (C=O) groups is 1. The molecule has 39 heavy (non-hydrogen) atoms. The number of likely N-dealkylation sites (tertiary alicyclic amines) is 1. The molecule has 9 nitrogen and oxygen atoms in total. The highest BCUT2D eigenvalue weighted by atomic mass is 19.4. The van der Waals surface area contributed by atoms with Crippen LogP contribution in [0.4, 0.5) is 27.9 Å². The molecule has 1 unspecified atom stereocenters. The summed E-state index contributed by atoms with van der Waals surface area (Å²) in [6.07, 6.45) is -2.15. The summed E-state index contributed by atoms with van der Waals surface area (Å²) in [5.41, 5.74) is 4.41. The Balaban J connectivity index is 1.45. The summed E-state index contributed by atoms with van der Waals surface area (Å²) in [5.74, 6) is -4.08. The zero-order valence-corrected chi connectivity index (χ0v) is 20.8. The molecule has 0 aliphatic carbocycles. The SMILES string of the molecule is CC(O)(COc1ccnc(C(F)(F)F)n1)c1cnc(N)nc1C1CCN(C(=O)Cc2c(F)cccc2F)CC1. The fraction of sp³-hybridized carbons (Fsp3) is 0.400. The Hall–Kier alpha value is -3.94. The lowest BCUT2D eigenvalue weighted by atomic mass is 9.85. The predicted octanol–water partition coefficient (Wildman–Crippen LogP) is 3.38. The van der Waals surface area contributed by atoms with Crippen LogP contribution in [0, 0.1) is 11.6 Å². The summed E-state index contributed by atoms with van der Waals surface area (Å²) in [4.78, 5) is 29.0. The topological polar surface area (TPSA) is 127 Å². The van der Waals surface area contributed by atoms with Crippen molar-refractivity contribution in [3.63, 3.8) is 0 Å². The second kappa shape index (κ2) is 11.0. The van der Waals surface area contributed by atoms with E-state index >= 15 is 0 Å². The van der Waals surface area contributed by atoms with E-state index in [9.17, 15) is 31.9 Å². The molecule has 1 aliphatic heterocycles. The second-order valence-corrected chi connectivity index (χ2v) is 9.34. The van der Waals surface area contributed by atoms with Gasteiger partial charge in [0.1, 0.15) is 23.8 Å². The van der Waals surface area contributed by atoms with Crippen molar-refractivity contribution in [2.75, 3.05) is 25.4 Å². The van der Waals surface area contributed by atoms with Gasteiger partial charge in [0.05, 0.1) is 12.1 Å². The maximum Gasteiger partial charge on any atom is 0.451 e. The molecule has 2 aromatic heterocycles. The van der Waals surface area contributed by atoms with Crippen molar-refractivity contribution in [1.29, 1.82) is 0 Å². The number of halogens is 5. The van der Waals surface area contributed by atoms with Gasteiger partial charge < -0.3 is 20.5 Å². The van der Waals surface area contributed by atoms with E-state index < -0.39 is 48.2 Å². The average Bonchev–Trinajstić information content (AvgIpc) is 2.89. The molecule has 0 radical (unpaired) electrons. The number of aromatic nitrogens is 4. The molecule has 1 saturated heterocycles. The number of hydrogen-bond acceptors (Lipinski definition) is 8. The first-order valence-corrected chi connectivity index (χ1v) is 11.9. The lowest BCUT2D eigenvalue weighted by molar-refractivity contribution is -0.145. The van der Waals surface area contributed by atoms with Crippen LogP contribution in [-0.4, -0.2) is 55.5 Å². The molecule has 208 valence electrons. The predicted molar refractivity (Wildman–Crippen MR) is 127 cm³/mol. The number of ether oxygens (including phenoxy) is 1. The van der Waals surface area contributed by atoms with Crippen molar-refractivity contribution in [1.82, 2.24) is 24.8 Å². The minimum Gasteiger partial charge on any atom is -0.474 e. The molecule has 1 aliphatic rings. The Morgan fingerprint density at radius 3 is 2.44 bits per heavy atom. The number of aliphatic hydroxyl groups is 1. The van der Waals surface area contributed by atoms with Gasteiger partial charge in [0.2, 0.25) is 23.6 Å². The van der Waals surface area contributed by atoms with Crippen LogP contribution in [0.25, 0.3) is 0 Å². The largest absolute Gasteiger partial charge is 0.474 e. The Morgan fingerprint density at radius 1 is 1.13 bits per heavy atom. The molecular formula is C25H25F5N6O3. The highest BCUT2D eigenvalue weighted by Gasteiger charge is 2.36. The van der Waals surface area contributed by atoms with Gasteiger partial charge in [0, 0.05) is 48.6 Å². The highest BCUT2D eigenvalue weighted by Crippen LogP contribution is 2.35. The van der Waals surface area contributed by atoms with Crippen LogP contribution < -0.4 is 10.5 Å². The van der Waals surface area contributed by atoms with Crippen molar-refractivity contribution < 1.29 is 36.6 Å². The summed E-state index contributed by atoms with van der Waals surface area (Å²) in [6.45, 7) is 1.44. The molecule has 1 amide bonds. The smallest absolute Gasteiger partial charge is 0.451 e. The van der Waals surface area contributed by atoms with Crippen LogP contribution in [0.5, 0.6) is 5.88 Å². The molecular weight excluding hydrogens is 527 g/mol. The third-order valence-electron chi connectivity index (χ3n) is 6.43. The van der Waals surface area contributed by atoms with Gasteiger partial charge in [-0.2, -0.15) is 18.2 Å². The van der Waals surface area contributed by atoms with Crippen molar-refractivity contribution in [3.8, 4) is 5.88 Å². The number of hydrogen-bond donors (Lipinski definition) is 2. The zero-order chi connectivity index (χ0) is 28.4. The standard InChI is InChI=1S/C25H25F5N6O3/c1-24(38,13-39-19-5-8-32-22(34-19)25(28,29)30)16-12-33-23(31)35-21(16)14-6-9-36(10-7-14)20(37)11-15-17(26)3-2-4-18(15)27/h2-5,8,12,14,38H,6-7,9-11,13H2,1H3,(H2,31,33,35). The molecule has 0 saturated carbocycles. The number of nitrogen functional groups attached to an aromatic ring is 1. The molecule has 3 heterocycles. The van der Waals surface area contributed by atoms with Gasteiger partial charge >= 0.3 is 6.18 Å². The van der Waals surface area contributed by atoms with Gasteiger partial charge in [-0.15, -0.1) is 0 Å². The molecule has 0 spiro atoms. The molecule has 1 atom stereocenters. The lowest BCUT2D eigenvalue weighted by Gasteiger charge is -2.34. The van der Waals surface area contributed by atoms with Crippen molar-refractivity contribution in [2.24, 2.45) is 0 Å². The average molecular weight is 553 g/mol. The monoisotopic (exact) mass is 552 g/mol. The molecule has 14 heteroatoms. The molecule has 4 rings (SSSR count). The quantitative estimate of drug-likeness (QED) is 0.427. The van der Waals surface area contributed by atoms with E-state index in [1.165, 1.54) is 24.1 Å². The van der Waals surface area contributed by atoms with Crippen LogP contribution in [-0.2, 0) is 23.0 Å². The zero-order valence-electron chi connectivity index (χ0n) is 20.8. The van der Waals surface area contributed by atoms with Gasteiger partial charge in [-0.1, -0.05) is 6.07 Å². The van der Waals surface area contributed by atoms with E-state index in [2.05, 4.69) is 19.9 Å². The van der Waals surface area contributed by atoms with Crippen molar-refractivity contribution in [3.05, 3.63) is 70.9 Å². The van der Waals surface area contributed by atoms with E-state index in [1.54, 1.807) is 0 Å². The van der Waals surface area contributed by atoms with Crippen LogP contribution in [0.2, 0.25) is 0 Å². The Bertz CT molecular complexity index is 1330. The van der Waals surface area contributed by atoms with Gasteiger partial charge in [-0.05, 0) is 31.9 Å².